The maximum Gasteiger partial charge on any atom is 0.254 e. The Morgan fingerprint density at radius 3 is 2.41 bits per heavy atom. The normalized spacial score (nSPS) is 15.0. The van der Waals surface area contributed by atoms with E-state index in [4.69, 9.17) is 0 Å². The van der Waals surface area contributed by atoms with E-state index in [1.165, 1.54) is 23.4 Å². The van der Waals surface area contributed by atoms with Crippen LogP contribution >= 0.6 is 0 Å². The van der Waals surface area contributed by atoms with Gasteiger partial charge in [-0.25, -0.2) is 4.39 Å². The van der Waals surface area contributed by atoms with Gasteiger partial charge in [-0.15, -0.1) is 0 Å². The SMILES string of the molecule is Cc1ccccc1N1CCN(C(=O)c2cccc(F)c2)CC1. The Hall–Kier alpha value is -2.36. The molecule has 0 radical (unpaired) electrons. The van der Waals surface area contributed by atoms with Crippen LogP contribution in [-0.4, -0.2) is 37.0 Å². The summed E-state index contributed by atoms with van der Waals surface area (Å²) in [6, 6.07) is 14.2. The molecule has 1 heterocycles. The first-order valence-electron chi connectivity index (χ1n) is 7.50. The van der Waals surface area contributed by atoms with E-state index in [-0.39, 0.29) is 11.7 Å². The van der Waals surface area contributed by atoms with Crippen LogP contribution in [0.15, 0.2) is 48.5 Å². The summed E-state index contributed by atoms with van der Waals surface area (Å²) in [6.07, 6.45) is 0. The second kappa shape index (κ2) is 6.18. The van der Waals surface area contributed by atoms with Gasteiger partial charge in [-0.1, -0.05) is 24.3 Å². The lowest BCUT2D eigenvalue weighted by atomic mass is 10.1. The summed E-state index contributed by atoms with van der Waals surface area (Å²) in [4.78, 5) is 16.5. The van der Waals surface area contributed by atoms with Crippen molar-refractivity contribution in [3.63, 3.8) is 0 Å². The average molecular weight is 298 g/mol. The fourth-order valence-corrected chi connectivity index (χ4v) is 2.87. The summed E-state index contributed by atoms with van der Waals surface area (Å²) in [6.45, 7) is 5.00. The predicted molar refractivity (Wildman–Crippen MR) is 85.7 cm³/mol. The van der Waals surface area contributed by atoms with E-state index in [1.54, 1.807) is 17.0 Å². The van der Waals surface area contributed by atoms with Crippen LogP contribution in [0, 0.1) is 12.7 Å². The maximum atomic E-state index is 13.2. The van der Waals surface area contributed by atoms with Crippen molar-refractivity contribution in [1.82, 2.24) is 4.90 Å². The van der Waals surface area contributed by atoms with Gasteiger partial charge in [-0.05, 0) is 36.8 Å². The summed E-state index contributed by atoms with van der Waals surface area (Å²) >= 11 is 0. The van der Waals surface area contributed by atoms with Gasteiger partial charge in [0, 0.05) is 37.4 Å². The molecule has 2 aromatic rings. The van der Waals surface area contributed by atoms with Crippen LogP contribution in [0.1, 0.15) is 15.9 Å². The Kier molecular flexibility index (Phi) is 4.09. The first-order valence-corrected chi connectivity index (χ1v) is 7.50. The lowest BCUT2D eigenvalue weighted by Crippen LogP contribution is -2.49. The third-order valence-electron chi connectivity index (χ3n) is 4.09. The molecule has 4 heteroatoms. The van der Waals surface area contributed by atoms with E-state index in [0.29, 0.717) is 18.7 Å². The number of halogens is 1. The van der Waals surface area contributed by atoms with Gasteiger partial charge >= 0.3 is 0 Å². The minimum absolute atomic E-state index is 0.0936. The molecule has 0 atom stereocenters. The highest BCUT2D eigenvalue weighted by atomic mass is 19.1. The fraction of sp³-hybridized carbons (Fsp3) is 0.278. The molecule has 0 aliphatic carbocycles. The number of anilines is 1. The average Bonchev–Trinajstić information content (AvgIpc) is 2.55. The Balaban J connectivity index is 1.67. The Morgan fingerprint density at radius 1 is 1.00 bits per heavy atom. The molecule has 1 aliphatic rings. The molecule has 1 fully saturated rings. The van der Waals surface area contributed by atoms with Crippen LogP contribution in [0.3, 0.4) is 0 Å². The largest absolute Gasteiger partial charge is 0.368 e. The zero-order valence-corrected chi connectivity index (χ0v) is 12.6. The number of nitrogens with zero attached hydrogens (tertiary/aromatic N) is 2. The van der Waals surface area contributed by atoms with E-state index < -0.39 is 0 Å². The van der Waals surface area contributed by atoms with Gasteiger partial charge in [0.15, 0.2) is 0 Å². The summed E-state index contributed by atoms with van der Waals surface area (Å²) < 4.78 is 13.2. The van der Waals surface area contributed by atoms with Crippen LogP contribution in [0.2, 0.25) is 0 Å². The van der Waals surface area contributed by atoms with Crippen molar-refractivity contribution in [2.75, 3.05) is 31.1 Å². The topological polar surface area (TPSA) is 23.6 Å². The molecule has 114 valence electrons. The second-order valence-electron chi connectivity index (χ2n) is 5.58. The third-order valence-corrected chi connectivity index (χ3v) is 4.09. The van der Waals surface area contributed by atoms with E-state index in [0.717, 1.165) is 13.1 Å². The highest BCUT2D eigenvalue weighted by Gasteiger charge is 2.23. The molecule has 1 aliphatic heterocycles. The number of amides is 1. The number of piperazine rings is 1. The monoisotopic (exact) mass is 298 g/mol. The van der Waals surface area contributed by atoms with Gasteiger partial charge in [0.1, 0.15) is 5.82 Å². The summed E-state index contributed by atoms with van der Waals surface area (Å²) in [5, 5.41) is 0. The molecule has 0 aromatic heterocycles. The van der Waals surface area contributed by atoms with Gasteiger partial charge in [0.25, 0.3) is 5.91 Å². The Bertz CT molecular complexity index is 678. The van der Waals surface area contributed by atoms with Crippen molar-refractivity contribution in [2.24, 2.45) is 0 Å². The van der Waals surface area contributed by atoms with Crippen LogP contribution in [0.4, 0.5) is 10.1 Å². The maximum absolute atomic E-state index is 13.2. The molecule has 1 amide bonds. The van der Waals surface area contributed by atoms with Gasteiger partial charge in [0.2, 0.25) is 0 Å². The molecule has 0 N–H and O–H groups in total. The second-order valence-corrected chi connectivity index (χ2v) is 5.58. The van der Waals surface area contributed by atoms with Crippen molar-refractivity contribution in [3.8, 4) is 0 Å². The number of rotatable bonds is 2. The van der Waals surface area contributed by atoms with Crippen LogP contribution < -0.4 is 4.90 Å². The number of aryl methyl sites for hydroxylation is 1. The van der Waals surface area contributed by atoms with Crippen molar-refractivity contribution in [3.05, 3.63) is 65.5 Å². The Labute approximate surface area is 130 Å². The van der Waals surface area contributed by atoms with Crippen molar-refractivity contribution >= 4 is 11.6 Å². The van der Waals surface area contributed by atoms with E-state index in [9.17, 15) is 9.18 Å². The number of hydrogen-bond acceptors (Lipinski definition) is 2. The lowest BCUT2D eigenvalue weighted by Gasteiger charge is -2.36. The number of carbonyl (C=O) groups excluding carboxylic acids is 1. The molecule has 0 saturated carbocycles. The van der Waals surface area contributed by atoms with Gasteiger partial charge < -0.3 is 9.80 Å². The molecule has 3 nitrogen and oxygen atoms in total. The zero-order chi connectivity index (χ0) is 15.5. The van der Waals surface area contributed by atoms with E-state index in [1.807, 2.05) is 12.1 Å². The molecule has 0 unspecified atom stereocenters. The number of carbonyl (C=O) groups is 1. The third kappa shape index (κ3) is 2.96. The van der Waals surface area contributed by atoms with Crippen LogP contribution in [0.5, 0.6) is 0 Å². The van der Waals surface area contributed by atoms with Crippen molar-refractivity contribution < 1.29 is 9.18 Å². The van der Waals surface area contributed by atoms with Gasteiger partial charge in [-0.3, -0.25) is 4.79 Å². The minimum Gasteiger partial charge on any atom is -0.368 e. The molecular weight excluding hydrogens is 279 g/mol. The first kappa shape index (κ1) is 14.6. The first-order chi connectivity index (χ1) is 10.6. The zero-order valence-electron chi connectivity index (χ0n) is 12.6. The van der Waals surface area contributed by atoms with Crippen LogP contribution in [0.25, 0.3) is 0 Å². The summed E-state index contributed by atoms with van der Waals surface area (Å²) in [7, 11) is 0. The fourth-order valence-electron chi connectivity index (χ4n) is 2.87. The molecule has 0 spiro atoms. The van der Waals surface area contributed by atoms with Gasteiger partial charge in [0.05, 0.1) is 0 Å². The molecule has 1 saturated heterocycles. The van der Waals surface area contributed by atoms with Crippen molar-refractivity contribution in [1.29, 1.82) is 0 Å². The standard InChI is InChI=1S/C18H19FN2O/c1-14-5-2-3-8-17(14)20-9-11-21(12-10-20)18(22)15-6-4-7-16(19)13-15/h2-8,13H,9-12H2,1H3. The molecular formula is C18H19FN2O. The van der Waals surface area contributed by atoms with E-state index >= 15 is 0 Å². The minimum atomic E-state index is -0.371. The quantitative estimate of drug-likeness (QED) is 0.850. The van der Waals surface area contributed by atoms with Crippen molar-refractivity contribution in [2.45, 2.75) is 6.92 Å². The summed E-state index contributed by atoms with van der Waals surface area (Å²) in [5.41, 5.74) is 2.89. The van der Waals surface area contributed by atoms with E-state index in [2.05, 4.69) is 24.0 Å². The molecule has 22 heavy (non-hydrogen) atoms. The number of benzene rings is 2. The molecule has 3 rings (SSSR count). The van der Waals surface area contributed by atoms with Crippen LogP contribution in [-0.2, 0) is 0 Å². The summed E-state index contributed by atoms with van der Waals surface area (Å²) in [5.74, 6) is -0.465. The molecule has 0 bridgehead atoms. The molecule has 2 aromatic carbocycles. The Morgan fingerprint density at radius 2 is 1.73 bits per heavy atom. The van der Waals surface area contributed by atoms with Gasteiger partial charge in [-0.2, -0.15) is 0 Å². The predicted octanol–water partition coefficient (Wildman–Crippen LogP) is 3.10. The number of hydrogen-bond donors (Lipinski definition) is 0. The number of para-hydroxylation sites is 1. The lowest BCUT2D eigenvalue weighted by molar-refractivity contribution is 0.0746. The smallest absolute Gasteiger partial charge is 0.254 e. The highest BCUT2D eigenvalue weighted by Crippen LogP contribution is 2.21. The highest BCUT2D eigenvalue weighted by molar-refractivity contribution is 5.94.